The van der Waals surface area contributed by atoms with Gasteiger partial charge in [-0.15, -0.1) is 0 Å². The van der Waals surface area contributed by atoms with E-state index in [-0.39, 0.29) is 6.17 Å². The average molecular weight is 245 g/mol. The molecule has 2 nitrogen and oxygen atoms in total. The van der Waals surface area contributed by atoms with Gasteiger partial charge in [-0.05, 0) is 24.6 Å². The lowest BCUT2D eigenvalue weighted by atomic mass is 10.1. The molecule has 0 radical (unpaired) electrons. The molecule has 17 heavy (non-hydrogen) atoms. The number of fused-ring (bicyclic) bond motifs is 1. The maximum atomic E-state index is 6.02. The van der Waals surface area contributed by atoms with Crippen molar-refractivity contribution in [3.05, 3.63) is 65.0 Å². The van der Waals surface area contributed by atoms with Gasteiger partial charge in [-0.25, -0.2) is 0 Å². The summed E-state index contributed by atoms with van der Waals surface area (Å²) >= 11 is 6.02. The zero-order valence-corrected chi connectivity index (χ0v) is 10.3. The van der Waals surface area contributed by atoms with Crippen LogP contribution in [0.4, 0.5) is 0 Å². The minimum absolute atomic E-state index is 0.188. The molecule has 2 heterocycles. The second kappa shape index (κ2) is 3.97. The van der Waals surface area contributed by atoms with Crippen LogP contribution in [-0.2, 0) is 0 Å². The van der Waals surface area contributed by atoms with E-state index in [1.807, 2.05) is 30.5 Å². The van der Waals surface area contributed by atoms with Gasteiger partial charge < -0.3 is 10.2 Å². The highest BCUT2D eigenvalue weighted by Gasteiger charge is 2.27. The van der Waals surface area contributed by atoms with Crippen molar-refractivity contribution < 1.29 is 0 Å². The van der Waals surface area contributed by atoms with E-state index < -0.39 is 0 Å². The number of rotatable bonds is 1. The number of benzene rings is 1. The van der Waals surface area contributed by atoms with E-state index in [2.05, 4.69) is 35.3 Å². The van der Waals surface area contributed by atoms with Crippen LogP contribution in [0.25, 0.3) is 5.70 Å². The van der Waals surface area contributed by atoms with Gasteiger partial charge in [-0.3, -0.25) is 0 Å². The second-order valence-electron chi connectivity index (χ2n) is 4.20. The first-order valence-corrected chi connectivity index (χ1v) is 6.00. The van der Waals surface area contributed by atoms with Crippen LogP contribution in [0.1, 0.15) is 12.5 Å². The van der Waals surface area contributed by atoms with Crippen LogP contribution >= 0.6 is 11.6 Å². The normalized spacial score (nSPS) is 22.4. The lowest BCUT2D eigenvalue weighted by Gasteiger charge is -2.24. The molecule has 3 rings (SSSR count). The molecule has 1 aromatic rings. The zero-order valence-electron chi connectivity index (χ0n) is 9.52. The number of hydrogen-bond acceptors (Lipinski definition) is 2. The molecule has 2 aliphatic heterocycles. The topological polar surface area (TPSA) is 15.3 Å². The van der Waals surface area contributed by atoms with E-state index in [1.165, 1.54) is 17.0 Å². The fourth-order valence-corrected chi connectivity index (χ4v) is 2.41. The fraction of sp³-hybridized carbons (Fsp3) is 0.143. The standard InChI is InChI=1S/C14H13ClN2/c1-10-14(11-5-3-2-4-6-11)16-13-8-7-12(15)9-17(10)13/h2-9,13,16H,1H3. The van der Waals surface area contributed by atoms with Gasteiger partial charge in [0.1, 0.15) is 6.17 Å². The van der Waals surface area contributed by atoms with E-state index in [0.29, 0.717) is 0 Å². The van der Waals surface area contributed by atoms with Crippen molar-refractivity contribution in [1.82, 2.24) is 10.2 Å². The van der Waals surface area contributed by atoms with Gasteiger partial charge in [-0.1, -0.05) is 41.9 Å². The van der Waals surface area contributed by atoms with Gasteiger partial charge in [0.25, 0.3) is 0 Å². The third kappa shape index (κ3) is 1.75. The first kappa shape index (κ1) is 10.5. The molecular formula is C14H13ClN2. The van der Waals surface area contributed by atoms with E-state index in [0.717, 1.165) is 5.03 Å². The quantitative estimate of drug-likeness (QED) is 0.816. The van der Waals surface area contributed by atoms with E-state index in [4.69, 9.17) is 11.6 Å². The smallest absolute Gasteiger partial charge is 0.123 e. The summed E-state index contributed by atoms with van der Waals surface area (Å²) < 4.78 is 0. The molecule has 0 saturated carbocycles. The Kier molecular flexibility index (Phi) is 2.45. The number of hydrogen-bond donors (Lipinski definition) is 1. The second-order valence-corrected chi connectivity index (χ2v) is 4.63. The Bertz CT molecular complexity index is 528. The average Bonchev–Trinajstić information content (AvgIpc) is 2.68. The Balaban J connectivity index is 2.01. The fourth-order valence-electron chi connectivity index (χ4n) is 2.23. The number of nitrogens with zero attached hydrogens (tertiary/aromatic N) is 1. The molecule has 1 unspecified atom stereocenters. The summed E-state index contributed by atoms with van der Waals surface area (Å²) in [6.45, 7) is 2.11. The number of allylic oxidation sites excluding steroid dienone is 3. The molecule has 2 aliphatic rings. The van der Waals surface area contributed by atoms with Crippen molar-refractivity contribution in [2.75, 3.05) is 0 Å². The Hall–Kier alpha value is -1.67. The minimum atomic E-state index is 0.188. The van der Waals surface area contributed by atoms with Crippen molar-refractivity contribution in [1.29, 1.82) is 0 Å². The third-order valence-corrected chi connectivity index (χ3v) is 3.33. The maximum Gasteiger partial charge on any atom is 0.123 e. The predicted molar refractivity (Wildman–Crippen MR) is 70.9 cm³/mol. The summed E-state index contributed by atoms with van der Waals surface area (Å²) in [5.41, 5.74) is 3.57. The van der Waals surface area contributed by atoms with Crippen molar-refractivity contribution in [3.8, 4) is 0 Å². The van der Waals surface area contributed by atoms with E-state index >= 15 is 0 Å². The van der Waals surface area contributed by atoms with Crippen molar-refractivity contribution >= 4 is 17.3 Å². The van der Waals surface area contributed by atoms with E-state index in [9.17, 15) is 0 Å². The Labute approximate surface area is 106 Å². The molecule has 0 amide bonds. The van der Waals surface area contributed by atoms with Crippen LogP contribution in [0, 0.1) is 0 Å². The first-order chi connectivity index (χ1) is 8.25. The molecule has 0 bridgehead atoms. The van der Waals surface area contributed by atoms with Gasteiger partial charge in [0.15, 0.2) is 0 Å². The molecule has 1 aromatic carbocycles. The molecule has 0 aliphatic carbocycles. The Morgan fingerprint density at radius 3 is 2.76 bits per heavy atom. The van der Waals surface area contributed by atoms with Crippen LogP contribution in [0.3, 0.4) is 0 Å². The van der Waals surface area contributed by atoms with E-state index in [1.54, 1.807) is 0 Å². The minimum Gasteiger partial charge on any atom is -0.360 e. The molecule has 0 aromatic heterocycles. The molecule has 0 saturated heterocycles. The summed E-state index contributed by atoms with van der Waals surface area (Å²) in [4.78, 5) is 2.16. The summed E-state index contributed by atoms with van der Waals surface area (Å²) in [6, 6.07) is 10.3. The molecule has 0 spiro atoms. The zero-order chi connectivity index (χ0) is 11.8. The van der Waals surface area contributed by atoms with Gasteiger partial charge in [0, 0.05) is 11.9 Å². The first-order valence-electron chi connectivity index (χ1n) is 5.62. The van der Waals surface area contributed by atoms with Crippen molar-refractivity contribution in [2.45, 2.75) is 13.1 Å². The van der Waals surface area contributed by atoms with Crippen LogP contribution in [0.15, 0.2) is 59.4 Å². The van der Waals surface area contributed by atoms with Crippen LogP contribution in [0.2, 0.25) is 0 Å². The van der Waals surface area contributed by atoms with Gasteiger partial charge >= 0.3 is 0 Å². The number of halogens is 1. The summed E-state index contributed by atoms with van der Waals surface area (Å²) in [6.07, 6.45) is 6.15. The summed E-state index contributed by atoms with van der Waals surface area (Å²) in [7, 11) is 0. The van der Waals surface area contributed by atoms with Crippen molar-refractivity contribution in [3.63, 3.8) is 0 Å². The highest BCUT2D eigenvalue weighted by molar-refractivity contribution is 6.31. The predicted octanol–water partition coefficient (Wildman–Crippen LogP) is 3.26. The number of nitrogens with one attached hydrogen (secondary N) is 1. The summed E-state index contributed by atoms with van der Waals surface area (Å²) in [5.74, 6) is 0. The highest BCUT2D eigenvalue weighted by atomic mass is 35.5. The molecular weight excluding hydrogens is 232 g/mol. The maximum absolute atomic E-state index is 6.02. The summed E-state index contributed by atoms with van der Waals surface area (Å²) in [5, 5.41) is 4.26. The Morgan fingerprint density at radius 1 is 1.24 bits per heavy atom. The molecule has 86 valence electrons. The largest absolute Gasteiger partial charge is 0.360 e. The van der Waals surface area contributed by atoms with Crippen LogP contribution < -0.4 is 5.32 Å². The lowest BCUT2D eigenvalue weighted by Crippen LogP contribution is -2.33. The third-order valence-electron chi connectivity index (χ3n) is 3.10. The van der Waals surface area contributed by atoms with Crippen LogP contribution in [0.5, 0.6) is 0 Å². The monoisotopic (exact) mass is 244 g/mol. The molecule has 1 N–H and O–H groups in total. The molecule has 1 atom stereocenters. The van der Waals surface area contributed by atoms with Gasteiger partial charge in [0.2, 0.25) is 0 Å². The Morgan fingerprint density at radius 2 is 2.00 bits per heavy atom. The molecule has 3 heteroatoms. The lowest BCUT2D eigenvalue weighted by molar-refractivity contribution is 0.401. The highest BCUT2D eigenvalue weighted by Crippen LogP contribution is 2.31. The van der Waals surface area contributed by atoms with Gasteiger partial charge in [0.05, 0.1) is 10.7 Å². The molecule has 0 fully saturated rings. The van der Waals surface area contributed by atoms with Gasteiger partial charge in [-0.2, -0.15) is 0 Å². The van der Waals surface area contributed by atoms with Crippen molar-refractivity contribution in [2.24, 2.45) is 0 Å². The SMILES string of the molecule is CC1=C(c2ccccc2)NC2C=CC(Cl)=CN12. The van der Waals surface area contributed by atoms with Crippen LogP contribution in [-0.4, -0.2) is 11.1 Å².